The van der Waals surface area contributed by atoms with Gasteiger partial charge in [0.25, 0.3) is 0 Å². The maximum Gasteiger partial charge on any atom is 0.165 e. The topological polar surface area (TPSA) is 49.7 Å². The molecule has 0 unspecified atom stereocenters. The van der Waals surface area contributed by atoms with Crippen molar-refractivity contribution in [1.82, 2.24) is 0 Å². The fraction of sp³-hybridized carbons (Fsp3) is 0.167. The summed E-state index contributed by atoms with van der Waals surface area (Å²) in [6.07, 6.45) is 2.02. The number of halogens is 4. The van der Waals surface area contributed by atoms with E-state index >= 15 is 0 Å². The van der Waals surface area contributed by atoms with Gasteiger partial charge in [0.1, 0.15) is 29.8 Å². The molecule has 0 fully saturated rings. The lowest BCUT2D eigenvalue weighted by molar-refractivity contribution is 0.580. The number of sulfone groups is 1. The summed E-state index contributed by atoms with van der Waals surface area (Å²) in [7, 11) is -3.38. The number of hydrogen-bond acceptors (Lipinski definition) is 4. The Morgan fingerprint density at radius 3 is 2.41 bits per heavy atom. The Labute approximate surface area is 153 Å². The fourth-order valence-electron chi connectivity index (χ4n) is 2.70. The van der Waals surface area contributed by atoms with Gasteiger partial charge in [-0.3, -0.25) is 4.99 Å². The highest BCUT2D eigenvalue weighted by Crippen LogP contribution is 2.26. The molecule has 0 radical (unpaired) electrons. The Morgan fingerprint density at radius 2 is 1.78 bits per heavy atom. The van der Waals surface area contributed by atoms with E-state index in [4.69, 9.17) is 0 Å². The molecule has 0 saturated carbocycles. The smallest absolute Gasteiger partial charge is 0.165 e. The van der Waals surface area contributed by atoms with Gasteiger partial charge in [-0.15, -0.1) is 0 Å². The van der Waals surface area contributed by atoms with Crippen LogP contribution in [0, 0.1) is 17.5 Å². The molecule has 9 heteroatoms. The summed E-state index contributed by atoms with van der Waals surface area (Å²) in [5.74, 6) is -3.68. The number of hydrogen-bond donors (Lipinski definition) is 0. The van der Waals surface area contributed by atoms with Crippen LogP contribution in [0.1, 0.15) is 11.1 Å². The van der Waals surface area contributed by atoms with Crippen LogP contribution in [0.4, 0.5) is 23.2 Å². The highest BCUT2D eigenvalue weighted by atomic mass is 32.2. The monoisotopic (exact) mass is 398 g/mol. The third-order valence-corrected chi connectivity index (χ3v) is 4.62. The maximum absolute atomic E-state index is 14.5. The number of rotatable bonds is 4. The highest BCUT2D eigenvalue weighted by molar-refractivity contribution is 7.89. The van der Waals surface area contributed by atoms with Crippen molar-refractivity contribution in [3.63, 3.8) is 0 Å². The molecular weight excluding hydrogens is 384 g/mol. The van der Waals surface area contributed by atoms with E-state index in [2.05, 4.69) is 4.99 Å². The number of aliphatic imine (C=N–C) groups is 1. The molecule has 0 spiro atoms. The first-order valence-corrected chi connectivity index (χ1v) is 9.80. The van der Waals surface area contributed by atoms with Crippen LogP contribution in [0.15, 0.2) is 53.4 Å². The third-order valence-electron chi connectivity index (χ3n) is 3.77. The lowest BCUT2D eigenvalue weighted by atomic mass is 10.1. The second kappa shape index (κ2) is 7.15. The van der Waals surface area contributed by atoms with Crippen LogP contribution in [-0.2, 0) is 15.6 Å². The summed E-state index contributed by atoms with van der Waals surface area (Å²) in [4.78, 5) is 5.22. The molecule has 0 atom stereocenters. The zero-order chi connectivity index (χ0) is 19.8. The first-order valence-electron chi connectivity index (χ1n) is 7.74. The zero-order valence-corrected chi connectivity index (χ0v) is 14.9. The van der Waals surface area contributed by atoms with Gasteiger partial charge in [-0.05, 0) is 35.9 Å². The van der Waals surface area contributed by atoms with Crippen LogP contribution < -0.4 is 4.90 Å². The van der Waals surface area contributed by atoms with Crippen molar-refractivity contribution >= 4 is 21.2 Å². The Morgan fingerprint density at radius 1 is 1.04 bits per heavy atom. The quantitative estimate of drug-likeness (QED) is 0.738. The Bertz CT molecular complexity index is 1070. The molecule has 0 bridgehead atoms. The largest absolute Gasteiger partial charge is 0.325 e. The van der Waals surface area contributed by atoms with E-state index < -0.39 is 33.1 Å². The van der Waals surface area contributed by atoms with Crippen LogP contribution in [-0.4, -0.2) is 27.1 Å². The zero-order valence-electron chi connectivity index (χ0n) is 14.1. The van der Waals surface area contributed by atoms with E-state index in [0.29, 0.717) is 6.07 Å². The Kier molecular flexibility index (Phi) is 5.05. The molecule has 1 aliphatic rings. The third kappa shape index (κ3) is 4.54. The van der Waals surface area contributed by atoms with E-state index in [9.17, 15) is 26.0 Å². The van der Waals surface area contributed by atoms with E-state index in [1.165, 1.54) is 11.0 Å². The van der Waals surface area contributed by atoms with Gasteiger partial charge in [-0.1, -0.05) is 0 Å². The van der Waals surface area contributed by atoms with E-state index in [0.717, 1.165) is 36.7 Å². The molecule has 4 nitrogen and oxygen atoms in total. The molecule has 0 amide bonds. The molecule has 27 heavy (non-hydrogen) atoms. The molecule has 0 saturated heterocycles. The Balaban J connectivity index is 1.91. The van der Waals surface area contributed by atoms with Gasteiger partial charge in [0, 0.05) is 29.8 Å². The molecule has 3 rings (SSSR count). The summed E-state index contributed by atoms with van der Waals surface area (Å²) < 4.78 is 78.0. The standard InChI is InChI=1S/C18H14F4N2O2S/c1-27(25,26)9-11-4-13(20)6-14(5-11)24-8-17(22)18(23-10-24)15-3-2-12(19)7-16(15)21/h2-8H,9-10H2,1H3. The van der Waals surface area contributed by atoms with Gasteiger partial charge in [0.05, 0.1) is 5.75 Å². The second-order valence-corrected chi connectivity index (χ2v) is 8.25. The lowest BCUT2D eigenvalue weighted by Crippen LogP contribution is -2.24. The second-order valence-electron chi connectivity index (χ2n) is 6.11. The predicted molar refractivity (Wildman–Crippen MR) is 94.4 cm³/mol. The molecule has 0 aromatic heterocycles. The van der Waals surface area contributed by atoms with E-state index in [-0.39, 0.29) is 34.9 Å². The first kappa shape index (κ1) is 19.1. The van der Waals surface area contributed by atoms with Gasteiger partial charge in [-0.25, -0.2) is 26.0 Å². The number of nitrogens with zero attached hydrogens (tertiary/aromatic N) is 2. The highest BCUT2D eigenvalue weighted by Gasteiger charge is 2.21. The summed E-state index contributed by atoms with van der Waals surface area (Å²) in [5.41, 5.74) is -0.0647. The molecule has 1 heterocycles. The van der Waals surface area contributed by atoms with Gasteiger partial charge < -0.3 is 4.90 Å². The number of allylic oxidation sites excluding steroid dienone is 1. The summed E-state index contributed by atoms with van der Waals surface area (Å²) >= 11 is 0. The molecule has 0 aliphatic carbocycles. The van der Waals surface area contributed by atoms with Gasteiger partial charge in [0.2, 0.25) is 0 Å². The molecule has 1 aliphatic heterocycles. The van der Waals surface area contributed by atoms with Crippen molar-refractivity contribution in [2.24, 2.45) is 4.99 Å². The SMILES string of the molecule is CS(=O)(=O)Cc1cc(F)cc(N2C=C(F)C(c3ccc(F)cc3F)=NC2)c1. The molecule has 2 aromatic carbocycles. The van der Waals surface area contributed by atoms with Crippen LogP contribution in [0.5, 0.6) is 0 Å². The number of anilines is 1. The predicted octanol–water partition coefficient (Wildman–Crippen LogP) is 3.73. The van der Waals surface area contributed by atoms with Crippen LogP contribution in [0.25, 0.3) is 0 Å². The van der Waals surface area contributed by atoms with Gasteiger partial charge >= 0.3 is 0 Å². The first-order chi connectivity index (χ1) is 12.6. The van der Waals surface area contributed by atoms with Crippen LogP contribution in [0.3, 0.4) is 0 Å². The van der Waals surface area contributed by atoms with E-state index in [1.54, 1.807) is 0 Å². The minimum Gasteiger partial charge on any atom is -0.325 e. The average Bonchev–Trinajstić information content (AvgIpc) is 2.53. The summed E-state index contributed by atoms with van der Waals surface area (Å²) in [6.45, 7) is -0.151. The molecular formula is C18H14F4N2O2S. The van der Waals surface area contributed by atoms with Gasteiger partial charge in [-0.2, -0.15) is 0 Å². The number of benzene rings is 2. The fourth-order valence-corrected chi connectivity index (χ4v) is 3.47. The van der Waals surface area contributed by atoms with Gasteiger partial charge in [0.15, 0.2) is 15.7 Å². The van der Waals surface area contributed by atoms with Crippen molar-refractivity contribution in [3.8, 4) is 0 Å². The van der Waals surface area contributed by atoms with Crippen molar-refractivity contribution in [3.05, 3.63) is 77.0 Å². The van der Waals surface area contributed by atoms with Crippen LogP contribution in [0.2, 0.25) is 0 Å². The normalized spacial score (nSPS) is 14.8. The minimum atomic E-state index is -3.38. The minimum absolute atomic E-state index is 0.151. The molecule has 2 aromatic rings. The van der Waals surface area contributed by atoms with Crippen molar-refractivity contribution in [2.45, 2.75) is 5.75 Å². The Hall–Kier alpha value is -2.68. The van der Waals surface area contributed by atoms with Crippen molar-refractivity contribution < 1.29 is 26.0 Å². The molecule has 0 N–H and O–H groups in total. The lowest BCUT2D eigenvalue weighted by Gasteiger charge is -2.24. The maximum atomic E-state index is 14.5. The molecule has 142 valence electrons. The summed E-state index contributed by atoms with van der Waals surface area (Å²) in [5, 5.41) is 0. The van der Waals surface area contributed by atoms with Crippen molar-refractivity contribution in [2.75, 3.05) is 17.8 Å². The van der Waals surface area contributed by atoms with Crippen molar-refractivity contribution in [1.29, 1.82) is 0 Å². The van der Waals surface area contributed by atoms with Crippen LogP contribution >= 0.6 is 0 Å². The average molecular weight is 398 g/mol. The summed E-state index contributed by atoms with van der Waals surface area (Å²) in [6, 6.07) is 6.30. The van der Waals surface area contributed by atoms with E-state index in [1.807, 2.05) is 0 Å².